The van der Waals surface area contributed by atoms with Gasteiger partial charge in [0, 0.05) is 55.2 Å². The molecule has 1 saturated heterocycles. The third kappa shape index (κ3) is 5.74. The topological polar surface area (TPSA) is 83.6 Å². The monoisotopic (exact) mass is 438 g/mol. The van der Waals surface area contributed by atoms with E-state index in [2.05, 4.69) is 32.7 Å². The van der Waals surface area contributed by atoms with E-state index in [1.54, 1.807) is 24.4 Å². The molecule has 0 aliphatic carbocycles. The second-order valence-electron chi connectivity index (χ2n) is 7.47. The molecule has 31 heavy (non-hydrogen) atoms. The van der Waals surface area contributed by atoms with Gasteiger partial charge in [-0.15, -0.1) is 0 Å². The number of sulfone groups is 1. The van der Waals surface area contributed by atoms with Crippen molar-refractivity contribution in [2.45, 2.75) is 11.4 Å². The van der Waals surface area contributed by atoms with Crippen LogP contribution in [0.25, 0.3) is 0 Å². The van der Waals surface area contributed by atoms with Gasteiger partial charge in [0.25, 0.3) is 0 Å². The minimum atomic E-state index is -3.22. The molecule has 1 aliphatic rings. The van der Waals surface area contributed by atoms with Crippen LogP contribution in [0.15, 0.2) is 71.8 Å². The second kappa shape index (κ2) is 9.36. The zero-order chi connectivity index (χ0) is 21.7. The predicted molar refractivity (Wildman–Crippen MR) is 124 cm³/mol. The summed E-state index contributed by atoms with van der Waals surface area (Å²) in [5, 5.41) is 6.65. The molecule has 4 rings (SSSR count). The summed E-state index contributed by atoms with van der Waals surface area (Å²) in [6, 6.07) is 19.1. The summed E-state index contributed by atoms with van der Waals surface area (Å²) in [7, 11) is -3.22. The Morgan fingerprint density at radius 1 is 1.00 bits per heavy atom. The minimum absolute atomic E-state index is 0.324. The van der Waals surface area contributed by atoms with E-state index in [-0.39, 0.29) is 0 Å². The van der Waals surface area contributed by atoms with Gasteiger partial charge in [-0.1, -0.05) is 12.1 Å². The van der Waals surface area contributed by atoms with Crippen LogP contribution in [0.1, 0.15) is 5.56 Å². The number of nitrogens with one attached hydrogen (secondary N) is 2. The van der Waals surface area contributed by atoms with E-state index in [0.717, 1.165) is 49.1 Å². The van der Waals surface area contributed by atoms with Gasteiger partial charge in [-0.05, 0) is 48.0 Å². The molecule has 1 aliphatic heterocycles. The number of hydrogen-bond acceptors (Lipinski definition) is 7. The molecule has 0 unspecified atom stereocenters. The maximum absolute atomic E-state index is 11.7. The van der Waals surface area contributed by atoms with Gasteiger partial charge < -0.3 is 20.3 Å². The average molecular weight is 439 g/mol. The molecule has 0 atom stereocenters. The number of benzene rings is 2. The molecule has 2 N–H and O–H groups in total. The number of nitrogens with zero attached hydrogens (tertiary/aromatic N) is 2. The van der Waals surface area contributed by atoms with Crippen LogP contribution in [0, 0.1) is 0 Å². The standard InChI is InChI=1S/C23H26N4O3S/c1-31(28,29)22-4-2-3-18(15-22)17-25-20-9-10-24-23(16-20)26-19-5-7-21(8-6-19)27-11-13-30-14-12-27/h2-10,15-16H,11-14,17H2,1H3,(H2,24,25,26). The van der Waals surface area contributed by atoms with Gasteiger partial charge in [0.05, 0.1) is 18.1 Å². The van der Waals surface area contributed by atoms with Crippen LogP contribution in [-0.2, 0) is 21.1 Å². The molecule has 3 aromatic rings. The Kier molecular flexibility index (Phi) is 6.39. The molecular weight excluding hydrogens is 412 g/mol. The maximum Gasteiger partial charge on any atom is 0.175 e. The van der Waals surface area contributed by atoms with Crippen molar-refractivity contribution in [2.24, 2.45) is 0 Å². The van der Waals surface area contributed by atoms with Crippen molar-refractivity contribution in [3.8, 4) is 0 Å². The fraction of sp³-hybridized carbons (Fsp3) is 0.261. The number of pyridine rings is 1. The maximum atomic E-state index is 11.7. The second-order valence-corrected chi connectivity index (χ2v) is 9.49. The molecule has 0 amide bonds. The predicted octanol–water partition coefficient (Wildman–Crippen LogP) is 3.68. The fourth-order valence-corrected chi connectivity index (χ4v) is 4.12. The van der Waals surface area contributed by atoms with Gasteiger partial charge in [0.15, 0.2) is 9.84 Å². The van der Waals surface area contributed by atoms with Crippen LogP contribution >= 0.6 is 0 Å². The normalized spacial score (nSPS) is 14.3. The zero-order valence-electron chi connectivity index (χ0n) is 17.4. The van der Waals surface area contributed by atoms with Gasteiger partial charge in [-0.2, -0.15) is 0 Å². The first kappa shape index (κ1) is 21.1. The van der Waals surface area contributed by atoms with Crippen LogP contribution in [0.3, 0.4) is 0 Å². The largest absolute Gasteiger partial charge is 0.381 e. The van der Waals surface area contributed by atoms with Gasteiger partial charge in [0.1, 0.15) is 5.82 Å². The SMILES string of the molecule is CS(=O)(=O)c1cccc(CNc2ccnc(Nc3ccc(N4CCOCC4)cc3)c2)c1. The third-order valence-electron chi connectivity index (χ3n) is 5.10. The lowest BCUT2D eigenvalue weighted by molar-refractivity contribution is 0.122. The van der Waals surface area contributed by atoms with E-state index < -0.39 is 9.84 Å². The lowest BCUT2D eigenvalue weighted by atomic mass is 10.2. The first-order valence-electron chi connectivity index (χ1n) is 10.2. The first-order valence-corrected chi connectivity index (χ1v) is 12.1. The summed E-state index contributed by atoms with van der Waals surface area (Å²) in [6.45, 7) is 3.87. The van der Waals surface area contributed by atoms with E-state index in [9.17, 15) is 8.42 Å². The van der Waals surface area contributed by atoms with Crippen LogP contribution in [-0.4, -0.2) is 46.0 Å². The van der Waals surface area contributed by atoms with Crippen molar-refractivity contribution in [3.63, 3.8) is 0 Å². The molecule has 8 heteroatoms. The lowest BCUT2D eigenvalue weighted by Gasteiger charge is -2.28. The van der Waals surface area contributed by atoms with E-state index in [4.69, 9.17) is 4.74 Å². The highest BCUT2D eigenvalue weighted by Gasteiger charge is 2.11. The number of rotatable bonds is 7. The molecule has 1 fully saturated rings. The first-order chi connectivity index (χ1) is 15.0. The number of aromatic nitrogens is 1. The average Bonchev–Trinajstić information content (AvgIpc) is 2.79. The number of anilines is 4. The van der Waals surface area contributed by atoms with Gasteiger partial charge >= 0.3 is 0 Å². The van der Waals surface area contributed by atoms with Crippen LogP contribution in [0.5, 0.6) is 0 Å². The van der Waals surface area contributed by atoms with E-state index >= 15 is 0 Å². The molecule has 0 saturated carbocycles. The molecule has 0 spiro atoms. The smallest absolute Gasteiger partial charge is 0.175 e. The van der Waals surface area contributed by atoms with Gasteiger partial charge in [-0.25, -0.2) is 13.4 Å². The Morgan fingerprint density at radius 3 is 2.52 bits per heavy atom. The Labute approximate surface area is 183 Å². The van der Waals surface area contributed by atoms with Crippen molar-refractivity contribution in [3.05, 3.63) is 72.4 Å². The van der Waals surface area contributed by atoms with Gasteiger partial charge in [0.2, 0.25) is 0 Å². The molecule has 0 bridgehead atoms. The summed E-state index contributed by atoms with van der Waals surface area (Å²) in [5.74, 6) is 0.731. The fourth-order valence-electron chi connectivity index (χ4n) is 3.42. The number of morpholine rings is 1. The molecule has 2 aromatic carbocycles. The van der Waals surface area contributed by atoms with E-state index in [1.807, 2.05) is 30.3 Å². The van der Waals surface area contributed by atoms with Crippen molar-refractivity contribution < 1.29 is 13.2 Å². The van der Waals surface area contributed by atoms with Crippen molar-refractivity contribution in [2.75, 3.05) is 48.1 Å². The highest BCUT2D eigenvalue weighted by atomic mass is 32.2. The number of hydrogen-bond donors (Lipinski definition) is 2. The summed E-state index contributed by atoms with van der Waals surface area (Å²) in [6.07, 6.45) is 2.95. The molecule has 0 radical (unpaired) electrons. The Morgan fingerprint density at radius 2 is 1.77 bits per heavy atom. The quantitative estimate of drug-likeness (QED) is 0.582. The van der Waals surface area contributed by atoms with Crippen molar-refractivity contribution in [1.82, 2.24) is 4.98 Å². The van der Waals surface area contributed by atoms with Crippen molar-refractivity contribution in [1.29, 1.82) is 0 Å². The molecule has 7 nitrogen and oxygen atoms in total. The molecular formula is C23H26N4O3S. The Hall–Kier alpha value is -3.10. The van der Waals surface area contributed by atoms with Crippen LogP contribution < -0.4 is 15.5 Å². The highest BCUT2D eigenvalue weighted by molar-refractivity contribution is 7.90. The molecule has 1 aromatic heterocycles. The van der Waals surface area contributed by atoms with E-state index in [0.29, 0.717) is 11.4 Å². The summed E-state index contributed by atoms with van der Waals surface area (Å²) in [5.41, 5.74) is 3.94. The van der Waals surface area contributed by atoms with Crippen LogP contribution in [0.2, 0.25) is 0 Å². The van der Waals surface area contributed by atoms with Crippen molar-refractivity contribution >= 4 is 32.7 Å². The highest BCUT2D eigenvalue weighted by Crippen LogP contribution is 2.22. The summed E-state index contributed by atoms with van der Waals surface area (Å²) < 4.78 is 28.9. The van der Waals surface area contributed by atoms with Crippen LogP contribution in [0.4, 0.5) is 22.9 Å². The van der Waals surface area contributed by atoms with E-state index in [1.165, 1.54) is 11.9 Å². The number of ether oxygens (including phenoxy) is 1. The Bertz CT molecular complexity index is 1130. The lowest BCUT2D eigenvalue weighted by Crippen LogP contribution is -2.36. The van der Waals surface area contributed by atoms with Gasteiger partial charge in [-0.3, -0.25) is 0 Å². The third-order valence-corrected chi connectivity index (χ3v) is 6.21. The summed E-state index contributed by atoms with van der Waals surface area (Å²) >= 11 is 0. The summed E-state index contributed by atoms with van der Waals surface area (Å²) in [4.78, 5) is 7.03. The zero-order valence-corrected chi connectivity index (χ0v) is 18.2. The molecule has 2 heterocycles. The minimum Gasteiger partial charge on any atom is -0.381 e. The Balaban J connectivity index is 1.38. The molecule has 162 valence electrons.